The number of rotatable bonds is 3. The Kier molecular flexibility index (Phi) is 4.19. The zero-order valence-electron chi connectivity index (χ0n) is 10.3. The number of benzene rings is 2. The minimum Gasteiger partial charge on any atom is -0.755 e. The second-order valence-electron chi connectivity index (χ2n) is 4.14. The first-order chi connectivity index (χ1) is 9.77. The maximum atomic E-state index is 12.5. The number of hydrogen-bond acceptors (Lipinski definition) is 3. The van der Waals surface area contributed by atoms with Crippen molar-refractivity contribution in [2.24, 2.45) is 0 Å². The number of phenolic OH excluding ortho intramolecular Hbond substituents is 1. The summed E-state index contributed by atoms with van der Waals surface area (Å²) in [6.07, 6.45) is -4.41. The van der Waals surface area contributed by atoms with Crippen molar-refractivity contribution in [3.8, 4) is 16.9 Å². The second-order valence-corrected chi connectivity index (χ2v) is 4.82. The van der Waals surface area contributed by atoms with Crippen LogP contribution in [-0.2, 0) is 17.4 Å². The third-order valence-corrected chi connectivity index (χ3v) is 3.12. The lowest BCUT2D eigenvalue weighted by molar-refractivity contribution is -0.137. The zero-order valence-corrected chi connectivity index (χ0v) is 11.2. The second kappa shape index (κ2) is 5.74. The van der Waals surface area contributed by atoms with Gasteiger partial charge in [-0.05, 0) is 35.4 Å². The van der Waals surface area contributed by atoms with Crippen LogP contribution in [0.4, 0.5) is 18.9 Å². The molecule has 0 aliphatic heterocycles. The van der Waals surface area contributed by atoms with E-state index in [1.807, 2.05) is 4.72 Å². The molecule has 0 amide bonds. The van der Waals surface area contributed by atoms with Gasteiger partial charge in [0.05, 0.1) is 11.3 Å². The molecular weight excluding hydrogens is 307 g/mol. The summed E-state index contributed by atoms with van der Waals surface area (Å²) in [6, 6.07) is 8.48. The van der Waals surface area contributed by atoms with Crippen molar-refractivity contribution in [3.63, 3.8) is 0 Å². The molecule has 0 heterocycles. The van der Waals surface area contributed by atoms with Crippen LogP contribution in [-0.4, -0.2) is 13.9 Å². The Labute approximate surface area is 120 Å². The number of alkyl halides is 3. The third kappa shape index (κ3) is 3.73. The summed E-state index contributed by atoms with van der Waals surface area (Å²) in [5.74, 6) is -0.323. The molecule has 8 heteroatoms. The molecule has 0 aliphatic carbocycles. The number of anilines is 1. The molecule has 2 aromatic rings. The Balaban J connectivity index is 2.30. The van der Waals surface area contributed by atoms with Gasteiger partial charge in [0.1, 0.15) is 5.75 Å². The molecule has 0 saturated carbocycles. The Morgan fingerprint density at radius 3 is 2.10 bits per heavy atom. The zero-order chi connectivity index (χ0) is 15.6. The van der Waals surface area contributed by atoms with Crippen molar-refractivity contribution < 1.29 is 27.0 Å². The normalized spacial score (nSPS) is 13.0. The number of halogens is 3. The standard InChI is InChI=1S/C13H10F3NO3S/c14-13(15,16)10-4-1-8(2-5-10)9-3-6-11(12(18)7-9)17-21(19)20/h1-7,17-18H,(H,19,20)/p-1. The smallest absolute Gasteiger partial charge is 0.416 e. The van der Waals surface area contributed by atoms with Gasteiger partial charge in [-0.1, -0.05) is 18.2 Å². The van der Waals surface area contributed by atoms with Crippen molar-refractivity contribution in [2.45, 2.75) is 6.18 Å². The van der Waals surface area contributed by atoms with Gasteiger partial charge in [0, 0.05) is 11.3 Å². The molecule has 0 radical (unpaired) electrons. The quantitative estimate of drug-likeness (QED) is 0.674. The molecule has 2 N–H and O–H groups in total. The highest BCUT2D eigenvalue weighted by atomic mass is 32.2. The Bertz CT molecular complexity index is 671. The Morgan fingerprint density at radius 1 is 1.05 bits per heavy atom. The highest BCUT2D eigenvalue weighted by Crippen LogP contribution is 2.33. The maximum Gasteiger partial charge on any atom is 0.416 e. The first-order valence-corrected chi connectivity index (χ1v) is 6.71. The van der Waals surface area contributed by atoms with Crippen LogP contribution in [0.1, 0.15) is 5.56 Å². The SMILES string of the molecule is O=S([O-])Nc1ccc(-c2ccc(C(F)(F)F)cc2)cc1O. The van der Waals surface area contributed by atoms with Gasteiger partial charge in [0.2, 0.25) is 0 Å². The minimum atomic E-state index is -4.41. The van der Waals surface area contributed by atoms with Gasteiger partial charge < -0.3 is 14.4 Å². The molecule has 0 saturated heterocycles. The van der Waals surface area contributed by atoms with Crippen LogP contribution in [0, 0.1) is 0 Å². The fourth-order valence-corrected chi connectivity index (χ4v) is 2.09. The average Bonchev–Trinajstić information content (AvgIpc) is 2.40. The van der Waals surface area contributed by atoms with E-state index >= 15 is 0 Å². The molecule has 112 valence electrons. The highest BCUT2D eigenvalue weighted by Gasteiger charge is 2.29. The summed E-state index contributed by atoms with van der Waals surface area (Å²) in [7, 11) is 0. The van der Waals surface area contributed by atoms with E-state index in [-0.39, 0.29) is 11.4 Å². The molecule has 1 unspecified atom stereocenters. The maximum absolute atomic E-state index is 12.5. The van der Waals surface area contributed by atoms with E-state index < -0.39 is 23.0 Å². The van der Waals surface area contributed by atoms with Gasteiger partial charge >= 0.3 is 6.18 Å². The summed E-state index contributed by atoms with van der Waals surface area (Å²) in [4.78, 5) is 0. The summed E-state index contributed by atoms with van der Waals surface area (Å²) in [5.41, 5.74) is 0.144. The van der Waals surface area contributed by atoms with Crippen molar-refractivity contribution >= 4 is 17.0 Å². The lowest BCUT2D eigenvalue weighted by Crippen LogP contribution is -2.04. The van der Waals surface area contributed by atoms with E-state index in [1.165, 1.54) is 30.3 Å². The molecule has 21 heavy (non-hydrogen) atoms. The van der Waals surface area contributed by atoms with Crippen LogP contribution in [0.2, 0.25) is 0 Å². The van der Waals surface area contributed by atoms with E-state index in [4.69, 9.17) is 0 Å². The van der Waals surface area contributed by atoms with E-state index in [9.17, 15) is 27.0 Å². The van der Waals surface area contributed by atoms with E-state index in [1.54, 1.807) is 0 Å². The van der Waals surface area contributed by atoms with Crippen LogP contribution < -0.4 is 4.72 Å². The van der Waals surface area contributed by atoms with Crippen molar-refractivity contribution in [1.29, 1.82) is 0 Å². The topological polar surface area (TPSA) is 72.4 Å². The molecular formula is C13H9F3NO3S-. The molecule has 2 rings (SSSR count). The summed E-state index contributed by atoms with van der Waals surface area (Å²) in [6.45, 7) is 0. The van der Waals surface area contributed by atoms with Gasteiger partial charge in [-0.3, -0.25) is 4.21 Å². The molecule has 0 aromatic heterocycles. The molecule has 4 nitrogen and oxygen atoms in total. The first kappa shape index (κ1) is 15.3. The van der Waals surface area contributed by atoms with Gasteiger partial charge in [0.15, 0.2) is 0 Å². The Morgan fingerprint density at radius 2 is 1.62 bits per heavy atom. The summed E-state index contributed by atoms with van der Waals surface area (Å²) >= 11 is -2.58. The van der Waals surface area contributed by atoms with Crippen LogP contribution in [0.3, 0.4) is 0 Å². The van der Waals surface area contributed by atoms with Crippen LogP contribution in [0.25, 0.3) is 11.1 Å². The predicted octanol–water partition coefficient (Wildman–Crippen LogP) is 3.28. The molecule has 0 spiro atoms. The predicted molar refractivity (Wildman–Crippen MR) is 71.1 cm³/mol. The Hall–Kier alpha value is -2.06. The van der Waals surface area contributed by atoms with E-state index in [2.05, 4.69) is 0 Å². The number of phenols is 1. The van der Waals surface area contributed by atoms with Gasteiger partial charge in [0.25, 0.3) is 0 Å². The van der Waals surface area contributed by atoms with Gasteiger partial charge in [-0.15, -0.1) is 0 Å². The molecule has 0 fully saturated rings. The fraction of sp³-hybridized carbons (Fsp3) is 0.0769. The summed E-state index contributed by atoms with van der Waals surface area (Å²) < 4.78 is 60.3. The number of aromatic hydroxyl groups is 1. The van der Waals surface area contributed by atoms with Crippen LogP contribution in [0.5, 0.6) is 5.75 Å². The number of hydrogen-bond donors (Lipinski definition) is 2. The largest absolute Gasteiger partial charge is 0.755 e. The first-order valence-electron chi connectivity index (χ1n) is 5.64. The molecule has 0 aliphatic rings. The molecule has 0 bridgehead atoms. The van der Waals surface area contributed by atoms with E-state index in [0.717, 1.165) is 12.1 Å². The van der Waals surface area contributed by atoms with Crippen molar-refractivity contribution in [3.05, 3.63) is 48.0 Å². The van der Waals surface area contributed by atoms with Crippen molar-refractivity contribution in [1.82, 2.24) is 0 Å². The fourth-order valence-electron chi connectivity index (χ4n) is 1.74. The lowest BCUT2D eigenvalue weighted by atomic mass is 10.0. The molecule has 1 atom stereocenters. The lowest BCUT2D eigenvalue weighted by Gasteiger charge is -2.12. The third-order valence-electron chi connectivity index (χ3n) is 2.74. The van der Waals surface area contributed by atoms with Gasteiger partial charge in [-0.25, -0.2) is 0 Å². The number of nitrogens with one attached hydrogen (secondary N) is 1. The average molecular weight is 316 g/mol. The summed E-state index contributed by atoms with van der Waals surface area (Å²) in [5, 5.41) is 9.67. The van der Waals surface area contributed by atoms with Gasteiger partial charge in [-0.2, -0.15) is 13.2 Å². The van der Waals surface area contributed by atoms with Crippen LogP contribution in [0.15, 0.2) is 42.5 Å². The van der Waals surface area contributed by atoms with E-state index in [0.29, 0.717) is 11.1 Å². The monoisotopic (exact) mass is 316 g/mol. The molecule has 2 aromatic carbocycles. The highest BCUT2D eigenvalue weighted by molar-refractivity contribution is 7.80. The minimum absolute atomic E-state index is 0.0148. The van der Waals surface area contributed by atoms with Crippen LogP contribution >= 0.6 is 0 Å². The van der Waals surface area contributed by atoms with Crippen molar-refractivity contribution in [2.75, 3.05) is 4.72 Å².